The number of aromatic nitrogens is 2. The quantitative estimate of drug-likeness (QED) is 0.408. The van der Waals surface area contributed by atoms with Crippen LogP contribution < -0.4 is 0 Å². The Hall–Kier alpha value is -1.48. The highest BCUT2D eigenvalue weighted by atomic mass is 15.3. The molecule has 0 radical (unpaired) electrons. The molecule has 5 nitrogen and oxygen atoms in total. The molecule has 14 heavy (non-hydrogen) atoms. The van der Waals surface area contributed by atoms with Crippen LogP contribution in [0.25, 0.3) is 10.4 Å². The average Bonchev–Trinajstić information content (AvgIpc) is 2.69. The lowest BCUT2D eigenvalue weighted by Gasteiger charge is -2.01. The minimum atomic E-state index is 0.530. The summed E-state index contributed by atoms with van der Waals surface area (Å²) in [7, 11) is 1.96. The number of hydrogen-bond acceptors (Lipinski definition) is 2. The highest BCUT2D eigenvalue weighted by molar-refractivity contribution is 5.30. The Labute approximate surface area is 82.4 Å². The first-order valence-electron chi connectivity index (χ1n) is 4.87. The van der Waals surface area contributed by atoms with E-state index in [1.165, 1.54) is 23.4 Å². The third-order valence-corrected chi connectivity index (χ3v) is 2.71. The smallest absolute Gasteiger partial charge is 0.0659 e. The maximum Gasteiger partial charge on any atom is 0.0659 e. The van der Waals surface area contributed by atoms with Gasteiger partial charge in [-0.1, -0.05) is 5.11 Å². The van der Waals surface area contributed by atoms with E-state index in [2.05, 4.69) is 15.1 Å². The number of nitrogens with zero attached hydrogens (tertiary/aromatic N) is 5. The van der Waals surface area contributed by atoms with Crippen molar-refractivity contribution >= 4 is 0 Å². The summed E-state index contributed by atoms with van der Waals surface area (Å²) in [6.45, 7) is 0.530. The fourth-order valence-electron chi connectivity index (χ4n) is 2.10. The van der Waals surface area contributed by atoms with Crippen molar-refractivity contribution in [3.63, 3.8) is 0 Å². The molecule has 1 aromatic rings. The van der Waals surface area contributed by atoms with E-state index in [1.807, 2.05) is 11.7 Å². The zero-order valence-corrected chi connectivity index (χ0v) is 8.27. The highest BCUT2D eigenvalue weighted by Crippen LogP contribution is 2.24. The van der Waals surface area contributed by atoms with Crippen LogP contribution in [0, 0.1) is 0 Å². The standard InChI is InChI=1S/C9H13N5/c1-14-9(5-6-11-13-10)7-3-2-4-8(7)12-14/h2-6H2,1H3. The topological polar surface area (TPSA) is 66.6 Å². The second-order valence-electron chi connectivity index (χ2n) is 3.55. The van der Waals surface area contributed by atoms with Crippen molar-refractivity contribution in [3.8, 4) is 0 Å². The molecular formula is C9H13N5. The predicted octanol–water partition coefficient (Wildman–Crippen LogP) is 1.76. The SMILES string of the molecule is Cn1nc2c(c1CCN=[N+]=[N-])CCC2. The second kappa shape index (κ2) is 3.72. The number of rotatable bonds is 3. The van der Waals surface area contributed by atoms with Crippen molar-refractivity contribution in [2.24, 2.45) is 12.2 Å². The van der Waals surface area contributed by atoms with E-state index in [0.29, 0.717) is 6.54 Å². The Balaban J connectivity index is 2.19. The average molecular weight is 191 g/mol. The normalized spacial score (nSPS) is 13.8. The molecule has 2 rings (SSSR count). The molecule has 0 fully saturated rings. The summed E-state index contributed by atoms with van der Waals surface area (Å²) >= 11 is 0. The van der Waals surface area contributed by atoms with E-state index in [4.69, 9.17) is 5.53 Å². The van der Waals surface area contributed by atoms with Crippen LogP contribution in [0.3, 0.4) is 0 Å². The van der Waals surface area contributed by atoms with Gasteiger partial charge in [0.25, 0.3) is 0 Å². The maximum atomic E-state index is 8.19. The minimum Gasteiger partial charge on any atom is -0.272 e. The van der Waals surface area contributed by atoms with Crippen molar-refractivity contribution in [3.05, 3.63) is 27.4 Å². The van der Waals surface area contributed by atoms with Crippen LogP contribution in [0.2, 0.25) is 0 Å². The number of hydrogen-bond donors (Lipinski definition) is 0. The van der Waals surface area contributed by atoms with Crippen LogP contribution in [-0.2, 0) is 26.3 Å². The summed E-state index contributed by atoms with van der Waals surface area (Å²) in [6.07, 6.45) is 4.26. The lowest BCUT2D eigenvalue weighted by atomic mass is 10.1. The van der Waals surface area contributed by atoms with Crippen LogP contribution in [0.1, 0.15) is 23.4 Å². The molecule has 1 aliphatic carbocycles. The van der Waals surface area contributed by atoms with E-state index in [1.54, 1.807) is 0 Å². The van der Waals surface area contributed by atoms with Crippen LogP contribution in [-0.4, -0.2) is 16.3 Å². The number of azide groups is 1. The van der Waals surface area contributed by atoms with Crippen molar-refractivity contribution < 1.29 is 0 Å². The Kier molecular flexibility index (Phi) is 2.41. The third kappa shape index (κ3) is 1.46. The lowest BCUT2D eigenvalue weighted by Crippen LogP contribution is -2.02. The molecule has 0 bridgehead atoms. The number of aryl methyl sites for hydroxylation is 2. The molecule has 74 valence electrons. The summed E-state index contributed by atoms with van der Waals surface area (Å²) < 4.78 is 1.93. The van der Waals surface area contributed by atoms with Gasteiger partial charge in [0.1, 0.15) is 0 Å². The van der Waals surface area contributed by atoms with Gasteiger partial charge in [-0.2, -0.15) is 5.10 Å². The zero-order valence-electron chi connectivity index (χ0n) is 8.27. The van der Waals surface area contributed by atoms with Gasteiger partial charge in [0, 0.05) is 24.2 Å². The fraction of sp³-hybridized carbons (Fsp3) is 0.667. The van der Waals surface area contributed by atoms with Crippen LogP contribution >= 0.6 is 0 Å². The molecule has 5 heteroatoms. The molecule has 0 atom stereocenters. The molecule has 0 aliphatic heterocycles. The van der Waals surface area contributed by atoms with Crippen LogP contribution in [0.15, 0.2) is 5.11 Å². The molecule has 0 unspecified atom stereocenters. The summed E-state index contributed by atoms with van der Waals surface area (Å²) in [5.41, 5.74) is 12.1. The molecule has 0 saturated heterocycles. The van der Waals surface area contributed by atoms with Crippen molar-refractivity contribution in [2.45, 2.75) is 25.7 Å². The number of fused-ring (bicyclic) bond motifs is 1. The van der Waals surface area contributed by atoms with Crippen molar-refractivity contribution in [2.75, 3.05) is 6.54 Å². The first-order valence-corrected chi connectivity index (χ1v) is 4.87. The molecule has 0 spiro atoms. The van der Waals surface area contributed by atoms with E-state index >= 15 is 0 Å². The van der Waals surface area contributed by atoms with Gasteiger partial charge in [0.05, 0.1) is 5.69 Å². The predicted molar refractivity (Wildman–Crippen MR) is 53.0 cm³/mol. The molecule has 1 heterocycles. The largest absolute Gasteiger partial charge is 0.272 e. The fourth-order valence-corrected chi connectivity index (χ4v) is 2.10. The van der Waals surface area contributed by atoms with Crippen molar-refractivity contribution in [1.29, 1.82) is 0 Å². The molecule has 1 aromatic heterocycles. The summed E-state index contributed by atoms with van der Waals surface area (Å²) in [6, 6.07) is 0. The van der Waals surface area contributed by atoms with E-state index in [9.17, 15) is 0 Å². The maximum absolute atomic E-state index is 8.19. The van der Waals surface area contributed by atoms with Gasteiger partial charge in [0.2, 0.25) is 0 Å². The summed E-state index contributed by atoms with van der Waals surface area (Å²) in [5.74, 6) is 0. The summed E-state index contributed by atoms with van der Waals surface area (Å²) in [4.78, 5) is 2.75. The first-order chi connectivity index (χ1) is 6.83. The Morgan fingerprint density at radius 3 is 3.21 bits per heavy atom. The van der Waals surface area contributed by atoms with Gasteiger partial charge in [0.15, 0.2) is 0 Å². The monoisotopic (exact) mass is 191 g/mol. The van der Waals surface area contributed by atoms with Crippen LogP contribution in [0.5, 0.6) is 0 Å². The third-order valence-electron chi connectivity index (χ3n) is 2.71. The molecule has 0 aromatic carbocycles. The van der Waals surface area contributed by atoms with Crippen molar-refractivity contribution in [1.82, 2.24) is 9.78 Å². The second-order valence-corrected chi connectivity index (χ2v) is 3.55. The van der Waals surface area contributed by atoms with Gasteiger partial charge in [-0.3, -0.25) is 4.68 Å². The molecule has 0 amide bonds. The van der Waals surface area contributed by atoms with Gasteiger partial charge in [-0.15, -0.1) is 0 Å². The van der Waals surface area contributed by atoms with E-state index in [-0.39, 0.29) is 0 Å². The summed E-state index contributed by atoms with van der Waals surface area (Å²) in [5, 5.41) is 8.00. The first kappa shape index (κ1) is 9.09. The lowest BCUT2D eigenvalue weighted by molar-refractivity contribution is 0.677. The minimum absolute atomic E-state index is 0.530. The molecule has 0 N–H and O–H groups in total. The zero-order chi connectivity index (χ0) is 9.97. The molecular weight excluding hydrogens is 178 g/mol. The Morgan fingerprint density at radius 1 is 1.57 bits per heavy atom. The van der Waals surface area contributed by atoms with Gasteiger partial charge < -0.3 is 0 Å². The van der Waals surface area contributed by atoms with E-state index in [0.717, 1.165) is 19.3 Å². The van der Waals surface area contributed by atoms with Gasteiger partial charge in [-0.25, -0.2) is 0 Å². The van der Waals surface area contributed by atoms with Gasteiger partial charge in [-0.05, 0) is 36.8 Å². The molecule has 0 saturated carbocycles. The van der Waals surface area contributed by atoms with Gasteiger partial charge >= 0.3 is 0 Å². The van der Waals surface area contributed by atoms with E-state index < -0.39 is 0 Å². The van der Waals surface area contributed by atoms with Crippen LogP contribution in [0.4, 0.5) is 0 Å². The molecule has 1 aliphatic rings. The Morgan fingerprint density at radius 2 is 2.43 bits per heavy atom. The highest BCUT2D eigenvalue weighted by Gasteiger charge is 2.19. The Bertz CT molecular complexity index is 386.